The van der Waals surface area contributed by atoms with E-state index in [2.05, 4.69) is 0 Å². The predicted octanol–water partition coefficient (Wildman–Crippen LogP) is 7.40. The molecule has 4 aromatic rings. The molecule has 0 heterocycles. The lowest BCUT2D eigenvalue weighted by Crippen LogP contribution is -2.40. The molecule has 0 saturated heterocycles. The van der Waals surface area contributed by atoms with Crippen LogP contribution < -0.4 is 10.6 Å². The molecule has 1 aliphatic rings. The fourth-order valence-electron chi connectivity index (χ4n) is 5.77. The molecule has 43 heavy (non-hydrogen) atoms. The summed E-state index contributed by atoms with van der Waals surface area (Å²) in [4.78, 5) is 27.5. The second-order valence-corrected chi connectivity index (χ2v) is 13.1. The summed E-state index contributed by atoms with van der Waals surface area (Å²) in [5.74, 6) is -1.27. The van der Waals surface area contributed by atoms with E-state index in [4.69, 9.17) is 9.47 Å². The Hall–Kier alpha value is -4.47. The quantitative estimate of drug-likeness (QED) is 0.115. The van der Waals surface area contributed by atoms with Gasteiger partial charge in [0.05, 0.1) is 13.2 Å². The van der Waals surface area contributed by atoms with Crippen molar-refractivity contribution in [1.82, 2.24) is 0 Å². The maximum atomic E-state index is 16.0. The molecule has 0 bridgehead atoms. The summed E-state index contributed by atoms with van der Waals surface area (Å²) in [6.45, 7) is 3.68. The molecular weight excluding hydrogens is 555 g/mol. The summed E-state index contributed by atoms with van der Waals surface area (Å²) in [6.07, 6.45) is 2.05. The number of allylic oxidation sites excluding steroid dienone is 2. The molecule has 1 aliphatic carbocycles. The van der Waals surface area contributed by atoms with E-state index in [9.17, 15) is 9.59 Å². The molecule has 0 aromatic heterocycles. The summed E-state index contributed by atoms with van der Waals surface area (Å²) >= 11 is 0. The summed E-state index contributed by atoms with van der Waals surface area (Å²) < 4.78 is 27.0. The zero-order valence-corrected chi connectivity index (χ0v) is 25.3. The van der Waals surface area contributed by atoms with E-state index in [-0.39, 0.29) is 26.1 Å². The molecule has 4 aromatic carbocycles. The monoisotopic (exact) mass is 590 g/mol. The van der Waals surface area contributed by atoms with Crippen molar-refractivity contribution < 1.29 is 23.6 Å². The average Bonchev–Trinajstić information content (AvgIpc) is 3.43. The largest absolute Gasteiger partial charge is 0.465 e. The summed E-state index contributed by atoms with van der Waals surface area (Å²) in [5.41, 5.74) is 1.49. The van der Waals surface area contributed by atoms with E-state index in [0.29, 0.717) is 21.5 Å². The third-order valence-electron chi connectivity index (χ3n) is 7.72. The van der Waals surface area contributed by atoms with E-state index in [1.807, 2.05) is 127 Å². The Labute approximate surface area is 253 Å². The number of carbonyl (C=O) groups excluding carboxylic acids is 2. The van der Waals surface area contributed by atoms with Crippen LogP contribution in [0.4, 0.5) is 0 Å². The van der Waals surface area contributed by atoms with Crippen molar-refractivity contribution in [3.05, 3.63) is 144 Å². The number of hydrogen-bond donors (Lipinski definition) is 0. The lowest BCUT2D eigenvalue weighted by Gasteiger charge is -2.27. The minimum Gasteiger partial charge on any atom is -0.465 e. The van der Waals surface area contributed by atoms with Gasteiger partial charge in [-0.2, -0.15) is 0 Å². The zero-order chi connectivity index (χ0) is 30.3. The van der Waals surface area contributed by atoms with Gasteiger partial charge in [-0.25, -0.2) is 0 Å². The van der Waals surface area contributed by atoms with E-state index < -0.39 is 24.5 Å². The minimum atomic E-state index is -3.56. The molecule has 0 amide bonds. The van der Waals surface area contributed by atoms with Crippen molar-refractivity contribution in [3.8, 4) is 0 Å². The molecule has 0 radical (unpaired) electrons. The first-order valence-corrected chi connectivity index (χ1v) is 16.3. The topological polar surface area (TPSA) is 69.7 Å². The number of esters is 2. The first-order chi connectivity index (χ1) is 20.9. The van der Waals surface area contributed by atoms with Crippen LogP contribution in [0.2, 0.25) is 0 Å². The first kappa shape index (κ1) is 30.0. The highest BCUT2D eigenvalue weighted by atomic mass is 31.2. The molecule has 5 nitrogen and oxygen atoms in total. The number of carbonyl (C=O) groups is 2. The highest BCUT2D eigenvalue weighted by molar-refractivity contribution is 7.87. The van der Waals surface area contributed by atoms with Gasteiger partial charge >= 0.3 is 11.9 Å². The predicted molar refractivity (Wildman–Crippen MR) is 172 cm³/mol. The van der Waals surface area contributed by atoms with Gasteiger partial charge in [-0.15, -0.1) is 0 Å². The van der Waals surface area contributed by atoms with Crippen molar-refractivity contribution >= 4 is 41.1 Å². The molecule has 1 saturated carbocycles. The second-order valence-electron chi connectivity index (χ2n) is 10.4. The van der Waals surface area contributed by atoms with Gasteiger partial charge in [-0.1, -0.05) is 127 Å². The lowest BCUT2D eigenvalue weighted by atomic mass is 9.85. The second kappa shape index (κ2) is 13.2. The van der Waals surface area contributed by atoms with E-state index >= 15 is 4.57 Å². The van der Waals surface area contributed by atoms with Gasteiger partial charge in [0.1, 0.15) is 0 Å². The van der Waals surface area contributed by atoms with Gasteiger partial charge in [0.2, 0.25) is 0 Å². The Balaban J connectivity index is 1.91. The van der Waals surface area contributed by atoms with Crippen molar-refractivity contribution in [2.75, 3.05) is 13.2 Å². The van der Waals surface area contributed by atoms with Crippen LogP contribution >= 0.6 is 7.14 Å². The van der Waals surface area contributed by atoms with Gasteiger partial charge in [0.25, 0.3) is 0 Å². The molecule has 1 fully saturated rings. The average molecular weight is 591 g/mol. The highest BCUT2D eigenvalue weighted by Crippen LogP contribution is 2.62. The van der Waals surface area contributed by atoms with Gasteiger partial charge in [0.15, 0.2) is 12.6 Å². The van der Waals surface area contributed by atoms with Crippen LogP contribution in [0.5, 0.6) is 0 Å². The first-order valence-electron chi connectivity index (χ1n) is 14.5. The molecule has 5 rings (SSSR count). The number of hydrogen-bond acceptors (Lipinski definition) is 5. The van der Waals surface area contributed by atoms with Crippen LogP contribution in [0.25, 0.3) is 11.4 Å². The van der Waals surface area contributed by atoms with Crippen LogP contribution in [0, 0.1) is 5.41 Å². The molecule has 0 unspecified atom stereocenters. The van der Waals surface area contributed by atoms with Gasteiger partial charge in [-0.3, -0.25) is 9.59 Å². The van der Waals surface area contributed by atoms with Gasteiger partial charge in [0, 0.05) is 22.3 Å². The summed E-state index contributed by atoms with van der Waals surface area (Å²) in [7, 11) is -3.56. The highest BCUT2D eigenvalue weighted by Gasteiger charge is 2.56. The van der Waals surface area contributed by atoms with Gasteiger partial charge < -0.3 is 14.0 Å². The molecule has 0 aliphatic heterocycles. The fraction of sp³-hybridized carbons (Fsp3) is 0.189. The molecule has 0 atom stereocenters. The smallest absolute Gasteiger partial charge is 0.324 e. The zero-order valence-electron chi connectivity index (χ0n) is 24.4. The Kier molecular flexibility index (Phi) is 9.23. The van der Waals surface area contributed by atoms with Crippen molar-refractivity contribution in [2.45, 2.75) is 26.7 Å². The van der Waals surface area contributed by atoms with Crippen LogP contribution in [0.1, 0.15) is 37.8 Å². The molecular formula is C37H35O5P. The normalized spacial score (nSPS) is 16.5. The van der Waals surface area contributed by atoms with E-state index in [1.165, 1.54) is 0 Å². The summed E-state index contributed by atoms with van der Waals surface area (Å²) in [6, 6.07) is 38.2. The third kappa shape index (κ3) is 5.91. The lowest BCUT2D eigenvalue weighted by molar-refractivity contribution is -0.171. The van der Waals surface area contributed by atoms with Crippen LogP contribution in [-0.2, 0) is 23.6 Å². The van der Waals surface area contributed by atoms with Gasteiger partial charge in [-0.05, 0) is 42.5 Å². The summed E-state index contributed by atoms with van der Waals surface area (Å²) in [5, 5.41) is 1.93. The maximum absolute atomic E-state index is 16.0. The Morgan fingerprint density at radius 1 is 0.674 bits per heavy atom. The maximum Gasteiger partial charge on any atom is 0.324 e. The minimum absolute atomic E-state index is 0.00276. The van der Waals surface area contributed by atoms with Crippen molar-refractivity contribution in [2.24, 2.45) is 5.41 Å². The number of rotatable bonds is 9. The molecule has 0 spiro atoms. The van der Waals surface area contributed by atoms with E-state index in [0.717, 1.165) is 16.7 Å². The van der Waals surface area contributed by atoms with Crippen molar-refractivity contribution in [3.63, 3.8) is 0 Å². The number of benzene rings is 4. The fourth-order valence-corrected chi connectivity index (χ4v) is 8.88. The van der Waals surface area contributed by atoms with Crippen LogP contribution in [0.15, 0.2) is 132 Å². The molecule has 0 N–H and O–H groups in total. The van der Waals surface area contributed by atoms with Crippen molar-refractivity contribution in [1.29, 1.82) is 0 Å². The Bertz CT molecular complexity index is 1620. The van der Waals surface area contributed by atoms with E-state index in [1.54, 1.807) is 13.8 Å². The third-order valence-corrected chi connectivity index (χ3v) is 10.9. The van der Waals surface area contributed by atoms with Crippen LogP contribution in [0.3, 0.4) is 0 Å². The Morgan fingerprint density at radius 3 is 1.58 bits per heavy atom. The van der Waals surface area contributed by atoms with Crippen LogP contribution in [-0.4, -0.2) is 25.2 Å². The number of ether oxygens (including phenoxy) is 2. The molecule has 218 valence electrons. The SMILES string of the molecule is CCOC(=O)C1(C(=O)OCC)CC(=C(\c2ccccc2)P(=O)(c2ccccc2)c2ccccc2)/C(=C/c2ccccc2)C1. The Morgan fingerprint density at radius 2 is 1.12 bits per heavy atom. The molecule has 6 heteroatoms. The standard InChI is InChI=1S/C37H35O5P/c1-3-41-35(38)37(36(39)42-4-2)26-30(25-28-17-9-5-10-18-28)33(27-37)34(29-19-11-6-12-20-29)43(40,31-21-13-7-14-22-31)32-23-15-8-16-24-32/h5-25H,3-4,26-27H2,1-2H3/b30-25+,34-33-.